The summed E-state index contributed by atoms with van der Waals surface area (Å²) in [4.78, 5) is 28.2. The van der Waals surface area contributed by atoms with Gasteiger partial charge < -0.3 is 19.0 Å². The first kappa shape index (κ1) is 17.5. The molecule has 2 aromatic rings. The molecule has 1 fully saturated rings. The van der Waals surface area contributed by atoms with Crippen LogP contribution in [-0.4, -0.2) is 53.9 Å². The van der Waals surface area contributed by atoms with Crippen LogP contribution in [0.5, 0.6) is 5.75 Å². The highest BCUT2D eigenvalue weighted by atomic mass is 16.5. The second-order valence-corrected chi connectivity index (χ2v) is 5.99. The number of benzene rings is 1. The van der Waals surface area contributed by atoms with Crippen LogP contribution in [0.3, 0.4) is 0 Å². The highest BCUT2D eigenvalue weighted by molar-refractivity contribution is 5.91. The van der Waals surface area contributed by atoms with Crippen molar-refractivity contribution in [2.75, 3.05) is 26.2 Å². The lowest BCUT2D eigenvalue weighted by Crippen LogP contribution is -2.53. The third-order valence-electron chi connectivity index (χ3n) is 4.25. The number of hydrogen-bond donors (Lipinski definition) is 0. The second kappa shape index (κ2) is 7.74. The number of piperazine rings is 1. The Hall–Kier alpha value is -3.27. The molecule has 0 N–H and O–H groups in total. The molecule has 7 heteroatoms. The number of rotatable bonds is 4. The molecular weight excluding hydrogens is 334 g/mol. The average Bonchev–Trinajstić information content (AvgIpc) is 3.22. The van der Waals surface area contributed by atoms with Crippen molar-refractivity contribution in [3.05, 3.63) is 54.0 Å². The van der Waals surface area contributed by atoms with E-state index in [1.165, 1.54) is 6.26 Å². The van der Waals surface area contributed by atoms with Crippen molar-refractivity contribution in [1.29, 1.82) is 5.26 Å². The highest BCUT2D eigenvalue weighted by Gasteiger charge is 2.29. The first-order valence-electron chi connectivity index (χ1n) is 8.37. The summed E-state index contributed by atoms with van der Waals surface area (Å²) in [5, 5.41) is 8.80. The summed E-state index contributed by atoms with van der Waals surface area (Å²) in [5.74, 6) is 0.558. The van der Waals surface area contributed by atoms with Crippen molar-refractivity contribution in [3.8, 4) is 11.8 Å². The molecule has 1 atom stereocenters. The molecule has 1 aliphatic heterocycles. The van der Waals surface area contributed by atoms with E-state index in [-0.39, 0.29) is 11.8 Å². The zero-order chi connectivity index (χ0) is 18.5. The molecule has 0 bridgehead atoms. The maximum atomic E-state index is 12.6. The van der Waals surface area contributed by atoms with Crippen LogP contribution in [-0.2, 0) is 4.79 Å². The van der Waals surface area contributed by atoms with E-state index < -0.39 is 6.10 Å². The molecule has 1 aromatic carbocycles. The van der Waals surface area contributed by atoms with Gasteiger partial charge >= 0.3 is 0 Å². The molecule has 1 aliphatic rings. The topological polar surface area (TPSA) is 86.8 Å². The molecule has 0 radical (unpaired) electrons. The van der Waals surface area contributed by atoms with E-state index in [0.29, 0.717) is 43.3 Å². The molecule has 1 aromatic heterocycles. The lowest BCUT2D eigenvalue weighted by molar-refractivity contribution is -0.139. The summed E-state index contributed by atoms with van der Waals surface area (Å²) in [6.45, 7) is 3.50. The van der Waals surface area contributed by atoms with Crippen molar-refractivity contribution in [3.63, 3.8) is 0 Å². The highest BCUT2D eigenvalue weighted by Crippen LogP contribution is 2.15. The van der Waals surface area contributed by atoms with Crippen molar-refractivity contribution in [1.82, 2.24) is 9.80 Å². The normalized spacial score (nSPS) is 15.2. The smallest absolute Gasteiger partial charge is 0.289 e. The maximum absolute atomic E-state index is 12.6. The lowest BCUT2D eigenvalue weighted by Gasteiger charge is -2.35. The van der Waals surface area contributed by atoms with E-state index >= 15 is 0 Å². The quantitative estimate of drug-likeness (QED) is 0.838. The van der Waals surface area contributed by atoms with Crippen LogP contribution < -0.4 is 4.74 Å². The predicted octanol–water partition coefficient (Wildman–Crippen LogP) is 1.90. The van der Waals surface area contributed by atoms with Gasteiger partial charge in [0.05, 0.1) is 17.9 Å². The number of amides is 2. The fraction of sp³-hybridized carbons (Fsp3) is 0.316. The molecule has 0 aliphatic carbocycles. The van der Waals surface area contributed by atoms with Gasteiger partial charge in [-0.25, -0.2) is 0 Å². The van der Waals surface area contributed by atoms with Crippen molar-refractivity contribution in [2.45, 2.75) is 13.0 Å². The number of furan rings is 1. The molecule has 1 unspecified atom stereocenters. The lowest BCUT2D eigenvalue weighted by atomic mass is 10.2. The zero-order valence-corrected chi connectivity index (χ0v) is 14.4. The molecule has 134 valence electrons. The van der Waals surface area contributed by atoms with Crippen LogP contribution in [0.2, 0.25) is 0 Å². The van der Waals surface area contributed by atoms with Gasteiger partial charge in [-0.3, -0.25) is 9.59 Å². The van der Waals surface area contributed by atoms with Gasteiger partial charge in [0.2, 0.25) is 0 Å². The summed E-state index contributed by atoms with van der Waals surface area (Å²) in [6.07, 6.45) is 0.824. The third-order valence-corrected chi connectivity index (χ3v) is 4.25. The van der Waals surface area contributed by atoms with E-state index in [9.17, 15) is 9.59 Å². The standard InChI is InChI=1S/C19H19N3O4/c1-14(26-16-6-4-15(13-20)5-7-16)18(23)21-8-10-22(11-9-21)19(24)17-3-2-12-25-17/h2-7,12,14H,8-11H2,1H3. The Bertz CT molecular complexity index is 800. The summed E-state index contributed by atoms with van der Waals surface area (Å²) in [6, 6.07) is 12.0. The Morgan fingerprint density at radius 3 is 2.35 bits per heavy atom. The zero-order valence-electron chi connectivity index (χ0n) is 14.4. The maximum Gasteiger partial charge on any atom is 0.289 e. The number of nitriles is 1. The minimum atomic E-state index is -0.643. The van der Waals surface area contributed by atoms with Crippen molar-refractivity contribution in [2.24, 2.45) is 0 Å². The number of carbonyl (C=O) groups excluding carboxylic acids is 2. The fourth-order valence-corrected chi connectivity index (χ4v) is 2.81. The van der Waals surface area contributed by atoms with E-state index in [1.54, 1.807) is 53.1 Å². The van der Waals surface area contributed by atoms with Crippen LogP contribution >= 0.6 is 0 Å². The first-order chi connectivity index (χ1) is 12.6. The summed E-state index contributed by atoms with van der Waals surface area (Å²) in [5.41, 5.74) is 0.536. The number of carbonyl (C=O) groups is 2. The van der Waals surface area contributed by atoms with Gasteiger partial charge in [-0.1, -0.05) is 0 Å². The molecule has 2 amide bonds. The average molecular weight is 353 g/mol. The minimum Gasteiger partial charge on any atom is -0.481 e. The Morgan fingerprint density at radius 1 is 1.12 bits per heavy atom. The molecule has 0 spiro atoms. The first-order valence-corrected chi connectivity index (χ1v) is 8.37. The Kier molecular flexibility index (Phi) is 5.23. The third kappa shape index (κ3) is 3.86. The molecule has 2 heterocycles. The van der Waals surface area contributed by atoms with Gasteiger partial charge in [0, 0.05) is 26.2 Å². The molecule has 0 saturated carbocycles. The Morgan fingerprint density at radius 2 is 1.77 bits per heavy atom. The summed E-state index contributed by atoms with van der Waals surface area (Å²) >= 11 is 0. The molecule has 26 heavy (non-hydrogen) atoms. The van der Waals surface area contributed by atoms with Gasteiger partial charge in [-0.15, -0.1) is 0 Å². The van der Waals surface area contributed by atoms with E-state index in [2.05, 4.69) is 0 Å². The second-order valence-electron chi connectivity index (χ2n) is 5.99. The van der Waals surface area contributed by atoms with E-state index in [1.807, 2.05) is 6.07 Å². The van der Waals surface area contributed by atoms with Crippen LogP contribution in [0, 0.1) is 11.3 Å². The van der Waals surface area contributed by atoms with Gasteiger partial charge in [-0.05, 0) is 43.3 Å². The number of nitrogens with zero attached hydrogens (tertiary/aromatic N) is 3. The molecule has 7 nitrogen and oxygen atoms in total. The Labute approximate surface area is 151 Å². The number of ether oxygens (including phenoxy) is 1. The van der Waals surface area contributed by atoms with E-state index in [0.717, 1.165) is 0 Å². The SMILES string of the molecule is CC(Oc1ccc(C#N)cc1)C(=O)N1CCN(C(=O)c2ccco2)CC1. The predicted molar refractivity (Wildman–Crippen MR) is 92.4 cm³/mol. The van der Waals surface area contributed by atoms with Crippen LogP contribution in [0.1, 0.15) is 23.0 Å². The molecular formula is C19H19N3O4. The van der Waals surface area contributed by atoms with Crippen molar-refractivity contribution >= 4 is 11.8 Å². The summed E-state index contributed by atoms with van der Waals surface area (Å²) < 4.78 is 10.8. The van der Waals surface area contributed by atoms with Crippen LogP contribution in [0.25, 0.3) is 0 Å². The molecule has 3 rings (SSSR count). The molecule has 1 saturated heterocycles. The van der Waals surface area contributed by atoms with Crippen LogP contribution in [0.4, 0.5) is 0 Å². The monoisotopic (exact) mass is 353 g/mol. The largest absolute Gasteiger partial charge is 0.481 e. The van der Waals surface area contributed by atoms with Crippen LogP contribution in [0.15, 0.2) is 47.1 Å². The van der Waals surface area contributed by atoms with Gasteiger partial charge in [0.25, 0.3) is 11.8 Å². The number of hydrogen-bond acceptors (Lipinski definition) is 5. The Balaban J connectivity index is 1.52. The van der Waals surface area contributed by atoms with Crippen molar-refractivity contribution < 1.29 is 18.7 Å². The van der Waals surface area contributed by atoms with Gasteiger partial charge in [0.1, 0.15) is 5.75 Å². The van der Waals surface area contributed by atoms with Gasteiger partial charge in [-0.2, -0.15) is 5.26 Å². The van der Waals surface area contributed by atoms with E-state index in [4.69, 9.17) is 14.4 Å². The van der Waals surface area contributed by atoms with Gasteiger partial charge in [0.15, 0.2) is 11.9 Å². The summed E-state index contributed by atoms with van der Waals surface area (Å²) in [7, 11) is 0. The minimum absolute atomic E-state index is 0.126. The fourth-order valence-electron chi connectivity index (χ4n) is 2.81.